The maximum absolute atomic E-state index is 13.2. The molecule has 0 radical (unpaired) electrons. The van der Waals surface area contributed by atoms with Gasteiger partial charge < -0.3 is 5.32 Å². The van der Waals surface area contributed by atoms with Crippen LogP contribution in [0.4, 0.5) is 5.69 Å². The van der Waals surface area contributed by atoms with Crippen LogP contribution >= 0.6 is 0 Å². The minimum absolute atomic E-state index is 0.151. The van der Waals surface area contributed by atoms with Gasteiger partial charge in [0.05, 0.1) is 16.0 Å². The second kappa shape index (κ2) is 8.84. The number of amides is 3. The van der Waals surface area contributed by atoms with Gasteiger partial charge in [-0.2, -0.15) is 4.31 Å². The van der Waals surface area contributed by atoms with Crippen LogP contribution in [-0.2, 0) is 14.8 Å². The summed E-state index contributed by atoms with van der Waals surface area (Å²) in [5.41, 5.74) is 1.43. The smallest absolute Gasteiger partial charge is 0.262 e. The van der Waals surface area contributed by atoms with E-state index in [0.29, 0.717) is 24.3 Å². The molecule has 1 fully saturated rings. The Hall–Kier alpha value is -3.04. The standard InChI is InChI=1S/C23H25N3O5S/c1-16-10-11-17(14-20(16)32(30,31)25-12-6-2-3-7-13-25)24-21(27)15-26-22(28)18-8-4-5-9-19(18)23(26)29/h4-5,8-11,14H,2-3,6-7,12-13,15H2,1H3,(H,24,27). The van der Waals surface area contributed by atoms with E-state index in [4.69, 9.17) is 0 Å². The van der Waals surface area contributed by atoms with Crippen molar-refractivity contribution >= 4 is 33.4 Å². The zero-order valence-corrected chi connectivity index (χ0v) is 18.7. The lowest BCUT2D eigenvalue weighted by Gasteiger charge is -2.21. The summed E-state index contributed by atoms with van der Waals surface area (Å²) in [5, 5.41) is 2.62. The zero-order chi connectivity index (χ0) is 22.9. The van der Waals surface area contributed by atoms with Gasteiger partial charge in [-0.3, -0.25) is 19.3 Å². The van der Waals surface area contributed by atoms with Crippen LogP contribution in [0, 0.1) is 6.92 Å². The molecule has 2 aromatic rings. The Balaban J connectivity index is 1.50. The molecule has 2 aromatic carbocycles. The number of fused-ring (bicyclic) bond motifs is 1. The van der Waals surface area contributed by atoms with Crippen molar-refractivity contribution < 1.29 is 22.8 Å². The minimum Gasteiger partial charge on any atom is -0.324 e. The normalized spacial score (nSPS) is 17.2. The van der Waals surface area contributed by atoms with Crippen molar-refractivity contribution in [1.29, 1.82) is 0 Å². The summed E-state index contributed by atoms with van der Waals surface area (Å²) in [4.78, 5) is 38.6. The Morgan fingerprint density at radius 2 is 1.53 bits per heavy atom. The van der Waals surface area contributed by atoms with Crippen LogP contribution in [0.25, 0.3) is 0 Å². The quantitative estimate of drug-likeness (QED) is 0.699. The average Bonchev–Trinajstić information content (AvgIpc) is 2.98. The number of benzene rings is 2. The van der Waals surface area contributed by atoms with Crippen LogP contribution in [0.2, 0.25) is 0 Å². The number of aryl methyl sites for hydroxylation is 1. The summed E-state index contributed by atoms with van der Waals surface area (Å²) in [6.07, 6.45) is 3.68. The zero-order valence-electron chi connectivity index (χ0n) is 17.8. The fourth-order valence-electron chi connectivity index (χ4n) is 4.10. The Morgan fingerprint density at radius 1 is 0.938 bits per heavy atom. The fourth-order valence-corrected chi connectivity index (χ4v) is 5.87. The molecule has 8 nitrogen and oxygen atoms in total. The minimum atomic E-state index is -3.69. The number of hydrogen-bond donors (Lipinski definition) is 1. The predicted octanol–water partition coefficient (Wildman–Crippen LogP) is 2.79. The molecule has 1 N–H and O–H groups in total. The molecule has 168 valence electrons. The number of imide groups is 1. The Labute approximate surface area is 187 Å². The van der Waals surface area contributed by atoms with Gasteiger partial charge >= 0.3 is 0 Å². The van der Waals surface area contributed by atoms with Crippen molar-refractivity contribution in [3.63, 3.8) is 0 Å². The van der Waals surface area contributed by atoms with Gasteiger partial charge in [0.1, 0.15) is 6.54 Å². The molecule has 0 atom stereocenters. The van der Waals surface area contributed by atoms with Gasteiger partial charge in [-0.25, -0.2) is 8.42 Å². The van der Waals surface area contributed by atoms with Crippen LogP contribution in [0.3, 0.4) is 0 Å². The van der Waals surface area contributed by atoms with Gasteiger partial charge in [-0.15, -0.1) is 0 Å². The third-order valence-electron chi connectivity index (χ3n) is 5.83. The van der Waals surface area contributed by atoms with Gasteiger partial charge in [0.25, 0.3) is 11.8 Å². The summed E-state index contributed by atoms with van der Waals surface area (Å²) in [6.45, 7) is 2.24. The molecular weight excluding hydrogens is 430 g/mol. The summed E-state index contributed by atoms with van der Waals surface area (Å²) in [5.74, 6) is -1.62. The highest BCUT2D eigenvalue weighted by Gasteiger charge is 2.36. The second-order valence-electron chi connectivity index (χ2n) is 8.09. The first-order valence-corrected chi connectivity index (χ1v) is 12.1. The monoisotopic (exact) mass is 455 g/mol. The largest absolute Gasteiger partial charge is 0.324 e. The molecule has 0 aromatic heterocycles. The molecule has 0 bridgehead atoms. The first kappa shape index (κ1) is 22.2. The first-order chi connectivity index (χ1) is 15.3. The molecule has 0 unspecified atom stereocenters. The number of anilines is 1. The molecule has 32 heavy (non-hydrogen) atoms. The number of nitrogens with zero attached hydrogens (tertiary/aromatic N) is 2. The van der Waals surface area contributed by atoms with Crippen molar-refractivity contribution in [2.75, 3.05) is 25.0 Å². The maximum atomic E-state index is 13.2. The number of sulfonamides is 1. The van der Waals surface area contributed by atoms with Gasteiger partial charge in [0, 0.05) is 18.8 Å². The summed E-state index contributed by atoms with van der Waals surface area (Å²) >= 11 is 0. The number of rotatable bonds is 5. The average molecular weight is 456 g/mol. The van der Waals surface area contributed by atoms with Crippen LogP contribution in [0.1, 0.15) is 52.0 Å². The molecule has 0 spiro atoms. The van der Waals surface area contributed by atoms with Crippen molar-refractivity contribution in [2.45, 2.75) is 37.5 Å². The van der Waals surface area contributed by atoms with E-state index in [9.17, 15) is 22.8 Å². The molecule has 0 aliphatic carbocycles. The third-order valence-corrected chi connectivity index (χ3v) is 7.88. The van der Waals surface area contributed by atoms with E-state index >= 15 is 0 Å². The van der Waals surface area contributed by atoms with E-state index < -0.39 is 34.3 Å². The molecule has 4 rings (SSSR count). The highest BCUT2D eigenvalue weighted by atomic mass is 32.2. The summed E-state index contributed by atoms with van der Waals surface area (Å²) in [6, 6.07) is 11.1. The van der Waals surface area contributed by atoms with E-state index in [1.54, 1.807) is 43.3 Å². The van der Waals surface area contributed by atoms with Gasteiger partial charge in [0.2, 0.25) is 15.9 Å². The lowest BCUT2D eigenvalue weighted by molar-refractivity contribution is -0.116. The van der Waals surface area contributed by atoms with Crippen LogP contribution in [0.5, 0.6) is 0 Å². The number of carbonyl (C=O) groups excluding carboxylic acids is 3. The lowest BCUT2D eigenvalue weighted by Crippen LogP contribution is -2.37. The van der Waals surface area contributed by atoms with Gasteiger partial charge in [-0.1, -0.05) is 31.0 Å². The number of nitrogens with one attached hydrogen (secondary N) is 1. The SMILES string of the molecule is Cc1ccc(NC(=O)CN2C(=O)c3ccccc3C2=O)cc1S(=O)(=O)N1CCCCCC1. The molecule has 9 heteroatoms. The Kier molecular flexibility index (Phi) is 6.12. The Morgan fingerprint density at radius 3 is 2.12 bits per heavy atom. The Bertz CT molecular complexity index is 1150. The molecule has 3 amide bonds. The van der Waals surface area contributed by atoms with E-state index in [0.717, 1.165) is 30.6 Å². The third kappa shape index (κ3) is 4.18. The first-order valence-electron chi connectivity index (χ1n) is 10.6. The fraction of sp³-hybridized carbons (Fsp3) is 0.348. The molecule has 2 aliphatic rings. The van der Waals surface area contributed by atoms with Gasteiger partial charge in [0.15, 0.2) is 0 Å². The van der Waals surface area contributed by atoms with Crippen molar-refractivity contribution in [3.05, 3.63) is 59.2 Å². The van der Waals surface area contributed by atoms with Crippen molar-refractivity contribution in [2.24, 2.45) is 0 Å². The maximum Gasteiger partial charge on any atom is 0.262 e. The van der Waals surface area contributed by atoms with Crippen molar-refractivity contribution in [1.82, 2.24) is 9.21 Å². The van der Waals surface area contributed by atoms with E-state index in [1.165, 1.54) is 10.4 Å². The molecule has 2 heterocycles. The lowest BCUT2D eigenvalue weighted by atomic mass is 10.1. The number of hydrogen-bond acceptors (Lipinski definition) is 5. The van der Waals surface area contributed by atoms with Crippen LogP contribution < -0.4 is 5.32 Å². The van der Waals surface area contributed by atoms with Crippen LogP contribution in [-0.4, -0.2) is 55.0 Å². The highest BCUT2D eigenvalue weighted by molar-refractivity contribution is 7.89. The molecule has 1 saturated heterocycles. The number of carbonyl (C=O) groups is 3. The van der Waals surface area contributed by atoms with E-state index in [-0.39, 0.29) is 16.0 Å². The second-order valence-corrected chi connectivity index (χ2v) is 10.00. The molecular formula is C23H25N3O5S. The summed E-state index contributed by atoms with van der Waals surface area (Å²) < 4.78 is 27.9. The van der Waals surface area contributed by atoms with E-state index in [2.05, 4.69) is 5.32 Å². The molecule has 0 saturated carbocycles. The topological polar surface area (TPSA) is 104 Å². The van der Waals surface area contributed by atoms with E-state index in [1.807, 2.05) is 0 Å². The highest BCUT2D eigenvalue weighted by Crippen LogP contribution is 2.26. The van der Waals surface area contributed by atoms with Crippen LogP contribution in [0.15, 0.2) is 47.4 Å². The van der Waals surface area contributed by atoms with Crippen molar-refractivity contribution in [3.8, 4) is 0 Å². The molecule has 2 aliphatic heterocycles. The van der Waals surface area contributed by atoms with Gasteiger partial charge in [-0.05, 0) is 49.6 Å². The predicted molar refractivity (Wildman–Crippen MR) is 119 cm³/mol. The summed E-state index contributed by atoms with van der Waals surface area (Å²) in [7, 11) is -3.69.